The molecule has 2 aromatic rings. The number of carbonyl (C=O) groups is 2. The minimum Gasteiger partial charge on any atom is -0.349 e. The van der Waals surface area contributed by atoms with Gasteiger partial charge in [0.15, 0.2) is 5.82 Å². The van der Waals surface area contributed by atoms with E-state index in [0.29, 0.717) is 11.1 Å². The molecule has 1 aliphatic carbocycles. The normalized spacial score (nSPS) is 14.4. The Morgan fingerprint density at radius 2 is 1.89 bits per heavy atom. The Kier molecular flexibility index (Phi) is 5.02. The summed E-state index contributed by atoms with van der Waals surface area (Å²) in [7, 11) is 0. The molecule has 9 heteroatoms. The molecule has 0 spiro atoms. The number of hydrogen-bond donors (Lipinski definition) is 3. The first-order valence-electron chi connectivity index (χ1n) is 8.26. The first-order chi connectivity index (χ1) is 12.7. The minimum absolute atomic E-state index is 0.139. The maximum absolute atomic E-state index is 12.7. The summed E-state index contributed by atoms with van der Waals surface area (Å²) in [5, 5.41) is 10.5. The Labute approximate surface area is 152 Å². The van der Waals surface area contributed by atoms with Crippen LogP contribution in [0.5, 0.6) is 0 Å². The van der Waals surface area contributed by atoms with E-state index in [4.69, 9.17) is 0 Å². The number of aromatic amines is 1. The average Bonchev–Trinajstić information content (AvgIpc) is 3.34. The van der Waals surface area contributed by atoms with Crippen molar-refractivity contribution < 1.29 is 22.8 Å². The molecule has 142 valence electrons. The number of halogens is 3. The van der Waals surface area contributed by atoms with Gasteiger partial charge >= 0.3 is 6.18 Å². The Morgan fingerprint density at radius 3 is 2.44 bits per heavy atom. The first kappa shape index (κ1) is 18.7. The van der Waals surface area contributed by atoms with Gasteiger partial charge in [-0.05, 0) is 43.5 Å². The maximum atomic E-state index is 12.7. The number of amides is 2. The number of aromatic nitrogens is 2. The quantitative estimate of drug-likeness (QED) is 0.698. The summed E-state index contributed by atoms with van der Waals surface area (Å²) in [5.74, 6) is -0.932. The molecule has 0 unspecified atom stereocenters. The highest BCUT2D eigenvalue weighted by Crippen LogP contribution is 2.32. The molecule has 1 aliphatic rings. The van der Waals surface area contributed by atoms with Gasteiger partial charge in [0.1, 0.15) is 5.69 Å². The molecular formula is C18H17F3N4O2. The molecule has 0 radical (unpaired) electrons. The monoisotopic (exact) mass is 378 g/mol. The molecule has 1 aromatic heterocycles. The fourth-order valence-electron chi connectivity index (χ4n) is 2.37. The zero-order chi connectivity index (χ0) is 19.6. The summed E-state index contributed by atoms with van der Waals surface area (Å²) in [6.07, 6.45) is 0.109. The number of H-pyrrole nitrogens is 1. The molecule has 1 fully saturated rings. The van der Waals surface area contributed by atoms with Crippen LogP contribution < -0.4 is 10.6 Å². The molecule has 0 saturated heterocycles. The summed E-state index contributed by atoms with van der Waals surface area (Å²) in [6.45, 7) is 1.22. The Morgan fingerprint density at radius 1 is 1.22 bits per heavy atom. The van der Waals surface area contributed by atoms with Crippen molar-refractivity contribution in [1.82, 2.24) is 15.5 Å². The van der Waals surface area contributed by atoms with Gasteiger partial charge in [0, 0.05) is 23.2 Å². The number of carbonyl (C=O) groups excluding carboxylic acids is 2. The first-order valence-corrected chi connectivity index (χ1v) is 8.26. The average molecular weight is 378 g/mol. The maximum Gasteiger partial charge on any atom is 0.433 e. The molecule has 0 atom stereocenters. The van der Waals surface area contributed by atoms with E-state index in [1.165, 1.54) is 19.1 Å². The van der Waals surface area contributed by atoms with Gasteiger partial charge in [0.05, 0.1) is 0 Å². The lowest BCUT2D eigenvalue weighted by molar-refractivity contribution is -0.141. The van der Waals surface area contributed by atoms with Crippen LogP contribution in [0.3, 0.4) is 0 Å². The van der Waals surface area contributed by atoms with E-state index in [1.807, 2.05) is 5.10 Å². The van der Waals surface area contributed by atoms with E-state index in [0.717, 1.165) is 12.8 Å². The van der Waals surface area contributed by atoms with Crippen LogP contribution in [0.1, 0.15) is 40.0 Å². The van der Waals surface area contributed by atoms with Gasteiger partial charge < -0.3 is 10.6 Å². The molecule has 1 heterocycles. The fraction of sp³-hybridized carbons (Fsp3) is 0.278. The molecule has 27 heavy (non-hydrogen) atoms. The van der Waals surface area contributed by atoms with Crippen molar-refractivity contribution in [2.45, 2.75) is 32.0 Å². The number of nitrogens with one attached hydrogen (secondary N) is 3. The van der Waals surface area contributed by atoms with Crippen LogP contribution >= 0.6 is 0 Å². The largest absolute Gasteiger partial charge is 0.433 e. The summed E-state index contributed by atoms with van der Waals surface area (Å²) in [5.41, 5.74) is 0.00954. The standard InChI is InChI=1S/C18H17F3N4O2/c1-10-15(18(19,20)21)24-25-16(10)23-14(26)9-4-11-2-5-12(6-3-11)17(27)22-13-7-8-13/h2-6,9,13H,7-8H2,1H3,(H,22,27)(H2,23,24,25,26)/b9-4+. The van der Waals surface area contributed by atoms with E-state index in [-0.39, 0.29) is 23.3 Å². The van der Waals surface area contributed by atoms with E-state index >= 15 is 0 Å². The van der Waals surface area contributed by atoms with Gasteiger partial charge in [-0.2, -0.15) is 18.3 Å². The second-order valence-electron chi connectivity index (χ2n) is 6.26. The van der Waals surface area contributed by atoms with E-state index in [9.17, 15) is 22.8 Å². The Hall–Kier alpha value is -3.10. The van der Waals surface area contributed by atoms with Crippen LogP contribution in [0.25, 0.3) is 6.08 Å². The fourth-order valence-corrected chi connectivity index (χ4v) is 2.37. The number of rotatable bonds is 5. The van der Waals surface area contributed by atoms with Crippen molar-refractivity contribution in [1.29, 1.82) is 0 Å². The number of alkyl halides is 3. The summed E-state index contributed by atoms with van der Waals surface area (Å²) >= 11 is 0. The van der Waals surface area contributed by atoms with Crippen LogP contribution in [0.4, 0.5) is 19.0 Å². The SMILES string of the molecule is Cc1c(NC(=O)/C=C/c2ccc(C(=O)NC3CC3)cc2)n[nH]c1C(F)(F)F. The van der Waals surface area contributed by atoms with Crippen molar-refractivity contribution in [2.75, 3.05) is 5.32 Å². The number of anilines is 1. The highest BCUT2D eigenvalue weighted by molar-refractivity contribution is 6.02. The zero-order valence-electron chi connectivity index (χ0n) is 14.4. The summed E-state index contributed by atoms with van der Waals surface area (Å²) in [4.78, 5) is 23.8. The number of hydrogen-bond acceptors (Lipinski definition) is 3. The van der Waals surface area contributed by atoms with Gasteiger partial charge in [-0.3, -0.25) is 14.7 Å². The van der Waals surface area contributed by atoms with Crippen molar-refractivity contribution >= 4 is 23.7 Å². The molecule has 1 aromatic carbocycles. The Bertz CT molecular complexity index is 881. The zero-order valence-corrected chi connectivity index (χ0v) is 14.4. The highest BCUT2D eigenvalue weighted by Gasteiger charge is 2.36. The lowest BCUT2D eigenvalue weighted by Crippen LogP contribution is -2.25. The van der Waals surface area contributed by atoms with Gasteiger partial charge in [-0.1, -0.05) is 12.1 Å². The van der Waals surface area contributed by atoms with Crippen LogP contribution in [-0.4, -0.2) is 28.1 Å². The van der Waals surface area contributed by atoms with Crippen LogP contribution in [-0.2, 0) is 11.0 Å². The van der Waals surface area contributed by atoms with Crippen molar-refractivity contribution in [3.63, 3.8) is 0 Å². The molecule has 3 rings (SSSR count). The molecule has 2 amide bonds. The predicted octanol–water partition coefficient (Wildman–Crippen LogP) is 3.28. The second kappa shape index (κ2) is 7.26. The molecular weight excluding hydrogens is 361 g/mol. The van der Waals surface area contributed by atoms with Gasteiger partial charge in [0.25, 0.3) is 5.91 Å². The van der Waals surface area contributed by atoms with Gasteiger partial charge in [-0.25, -0.2) is 0 Å². The van der Waals surface area contributed by atoms with Crippen LogP contribution in [0, 0.1) is 6.92 Å². The molecule has 6 nitrogen and oxygen atoms in total. The second-order valence-corrected chi connectivity index (χ2v) is 6.26. The molecule has 0 bridgehead atoms. The third-order valence-electron chi connectivity index (χ3n) is 4.05. The minimum atomic E-state index is -4.57. The number of benzene rings is 1. The van der Waals surface area contributed by atoms with E-state index in [1.54, 1.807) is 24.3 Å². The summed E-state index contributed by atoms with van der Waals surface area (Å²) in [6, 6.07) is 6.90. The summed E-state index contributed by atoms with van der Waals surface area (Å²) < 4.78 is 38.1. The van der Waals surface area contributed by atoms with Gasteiger partial charge in [-0.15, -0.1) is 0 Å². The molecule has 3 N–H and O–H groups in total. The highest BCUT2D eigenvalue weighted by atomic mass is 19.4. The topological polar surface area (TPSA) is 86.9 Å². The van der Waals surface area contributed by atoms with Crippen LogP contribution in [0.2, 0.25) is 0 Å². The molecule has 0 aliphatic heterocycles. The van der Waals surface area contributed by atoms with Gasteiger partial charge in [0.2, 0.25) is 5.91 Å². The van der Waals surface area contributed by atoms with Crippen molar-refractivity contribution in [3.8, 4) is 0 Å². The smallest absolute Gasteiger partial charge is 0.349 e. The third-order valence-corrected chi connectivity index (χ3v) is 4.05. The molecule has 1 saturated carbocycles. The van der Waals surface area contributed by atoms with Crippen molar-refractivity contribution in [3.05, 3.63) is 52.7 Å². The van der Waals surface area contributed by atoms with E-state index in [2.05, 4.69) is 15.7 Å². The lowest BCUT2D eigenvalue weighted by atomic mass is 10.1. The number of nitrogens with zero attached hydrogens (tertiary/aromatic N) is 1. The lowest BCUT2D eigenvalue weighted by Gasteiger charge is -2.04. The van der Waals surface area contributed by atoms with E-state index < -0.39 is 17.8 Å². The van der Waals surface area contributed by atoms with Crippen LogP contribution in [0.15, 0.2) is 30.3 Å². The predicted molar refractivity (Wildman–Crippen MR) is 92.9 cm³/mol. The third kappa shape index (κ3) is 4.75. The Balaban J connectivity index is 1.60. The van der Waals surface area contributed by atoms with Crippen molar-refractivity contribution in [2.24, 2.45) is 0 Å².